The number of nitrogens with zero attached hydrogens (tertiary/aromatic N) is 2. The lowest BCUT2D eigenvalue weighted by Gasteiger charge is -2.26. The van der Waals surface area contributed by atoms with E-state index in [-0.39, 0.29) is 5.41 Å². The molecule has 4 nitrogen and oxygen atoms in total. The molecule has 0 aliphatic rings. The third-order valence-corrected chi connectivity index (χ3v) is 3.65. The Hall–Kier alpha value is -1.55. The minimum Gasteiger partial charge on any atom is -0.391 e. The van der Waals surface area contributed by atoms with Crippen LogP contribution in [0.4, 0.5) is 0 Å². The average Bonchev–Trinajstić information content (AvgIpc) is 2.61. The van der Waals surface area contributed by atoms with E-state index in [1.807, 2.05) is 61.1 Å². The summed E-state index contributed by atoms with van der Waals surface area (Å²) in [7, 11) is 0. The minimum absolute atomic E-state index is 0.186. The summed E-state index contributed by atoms with van der Waals surface area (Å²) in [6.45, 7) is 9.30. The Bertz CT molecular complexity index is 631. The normalized spacial score (nSPS) is 13.9. The van der Waals surface area contributed by atoms with Crippen molar-refractivity contribution in [1.29, 1.82) is 5.41 Å². The number of nitrogens with one attached hydrogen (secondary N) is 1. The van der Waals surface area contributed by atoms with E-state index in [4.69, 9.17) is 5.41 Å². The first-order valence-electron chi connectivity index (χ1n) is 6.77. The van der Waals surface area contributed by atoms with E-state index in [0.29, 0.717) is 12.2 Å². The summed E-state index contributed by atoms with van der Waals surface area (Å²) in [4.78, 5) is 0. The number of hydrogen-bond acceptors (Lipinski definition) is 2. The standard InChI is InChI=1S/C15H23N3O/c1-5-17-11-8-6-7-9-12(11)18(14(17)16)10-13(19)15(2,3)4/h6-9,13,16,19H,5,10H2,1-4H3. The second-order valence-electron chi connectivity index (χ2n) is 6.05. The van der Waals surface area contributed by atoms with Gasteiger partial charge in [0.25, 0.3) is 0 Å². The summed E-state index contributed by atoms with van der Waals surface area (Å²) in [5, 5.41) is 18.6. The molecule has 2 N–H and O–H groups in total. The summed E-state index contributed by atoms with van der Waals surface area (Å²) >= 11 is 0. The van der Waals surface area contributed by atoms with Gasteiger partial charge in [0.05, 0.1) is 23.7 Å². The molecule has 0 amide bonds. The van der Waals surface area contributed by atoms with Crippen LogP contribution in [0.5, 0.6) is 0 Å². The highest BCUT2D eigenvalue weighted by atomic mass is 16.3. The van der Waals surface area contributed by atoms with Crippen LogP contribution < -0.4 is 5.62 Å². The molecule has 1 unspecified atom stereocenters. The quantitative estimate of drug-likeness (QED) is 0.875. The van der Waals surface area contributed by atoms with Crippen molar-refractivity contribution >= 4 is 11.0 Å². The highest BCUT2D eigenvalue weighted by Crippen LogP contribution is 2.22. The predicted octanol–water partition coefficient (Wildman–Crippen LogP) is 2.35. The van der Waals surface area contributed by atoms with Gasteiger partial charge in [-0.05, 0) is 24.5 Å². The maximum atomic E-state index is 10.3. The maximum absolute atomic E-state index is 10.3. The van der Waals surface area contributed by atoms with Crippen LogP contribution in [0, 0.1) is 10.8 Å². The summed E-state index contributed by atoms with van der Waals surface area (Å²) in [6, 6.07) is 7.99. The smallest absolute Gasteiger partial charge is 0.203 e. The van der Waals surface area contributed by atoms with Crippen LogP contribution in [0.1, 0.15) is 27.7 Å². The van der Waals surface area contributed by atoms with Gasteiger partial charge in [-0.1, -0.05) is 32.9 Å². The Kier molecular flexibility index (Phi) is 3.54. The number of aliphatic hydroxyl groups excluding tert-OH is 1. The van der Waals surface area contributed by atoms with Crippen molar-refractivity contribution in [2.24, 2.45) is 5.41 Å². The second-order valence-corrected chi connectivity index (χ2v) is 6.05. The van der Waals surface area contributed by atoms with Crippen molar-refractivity contribution in [2.45, 2.75) is 46.9 Å². The van der Waals surface area contributed by atoms with Gasteiger partial charge in [-0.15, -0.1) is 0 Å². The first-order valence-corrected chi connectivity index (χ1v) is 6.77. The lowest BCUT2D eigenvalue weighted by Crippen LogP contribution is -2.35. The molecule has 0 aliphatic heterocycles. The van der Waals surface area contributed by atoms with E-state index in [1.54, 1.807) is 0 Å². The monoisotopic (exact) mass is 261 g/mol. The fourth-order valence-electron chi connectivity index (χ4n) is 2.25. The number of imidazole rings is 1. The molecule has 0 spiro atoms. The highest BCUT2D eigenvalue weighted by Gasteiger charge is 2.24. The Morgan fingerprint density at radius 1 is 1.16 bits per heavy atom. The summed E-state index contributed by atoms with van der Waals surface area (Å²) in [5.41, 5.74) is 2.33. The van der Waals surface area contributed by atoms with E-state index in [0.717, 1.165) is 17.6 Å². The number of aryl methyl sites for hydroxylation is 1. The van der Waals surface area contributed by atoms with Crippen molar-refractivity contribution in [1.82, 2.24) is 9.13 Å². The van der Waals surface area contributed by atoms with Crippen LogP contribution >= 0.6 is 0 Å². The topological polar surface area (TPSA) is 53.9 Å². The molecule has 0 fully saturated rings. The first kappa shape index (κ1) is 13.9. The van der Waals surface area contributed by atoms with Gasteiger partial charge in [0.2, 0.25) is 5.62 Å². The summed E-state index contributed by atoms with van der Waals surface area (Å²) in [6.07, 6.45) is -0.474. The fraction of sp³-hybridized carbons (Fsp3) is 0.533. The largest absolute Gasteiger partial charge is 0.391 e. The predicted molar refractivity (Wildman–Crippen MR) is 76.9 cm³/mol. The minimum atomic E-state index is -0.474. The molecule has 4 heteroatoms. The Balaban J connectivity index is 2.55. The molecular weight excluding hydrogens is 238 g/mol. The lowest BCUT2D eigenvalue weighted by atomic mass is 9.89. The molecule has 19 heavy (non-hydrogen) atoms. The number of aromatic nitrogens is 2. The SMILES string of the molecule is CCn1c(=N)n(CC(O)C(C)(C)C)c2ccccc21. The van der Waals surface area contributed by atoms with Gasteiger partial charge >= 0.3 is 0 Å². The van der Waals surface area contributed by atoms with E-state index in [9.17, 15) is 5.11 Å². The molecule has 0 aliphatic carbocycles. The first-order chi connectivity index (χ1) is 8.86. The molecule has 2 aromatic rings. The molecule has 0 saturated carbocycles. The molecule has 1 aromatic heterocycles. The number of rotatable bonds is 3. The molecule has 0 saturated heterocycles. The van der Waals surface area contributed by atoms with Gasteiger partial charge < -0.3 is 14.2 Å². The molecule has 2 rings (SSSR count). The van der Waals surface area contributed by atoms with Crippen molar-refractivity contribution in [3.8, 4) is 0 Å². The van der Waals surface area contributed by atoms with Gasteiger partial charge in [-0.25, -0.2) is 0 Å². The molecule has 0 radical (unpaired) electrons. The van der Waals surface area contributed by atoms with Crippen LogP contribution in [0.3, 0.4) is 0 Å². The maximum Gasteiger partial charge on any atom is 0.203 e. The fourth-order valence-corrected chi connectivity index (χ4v) is 2.25. The highest BCUT2D eigenvalue weighted by molar-refractivity contribution is 5.75. The number of hydrogen-bond donors (Lipinski definition) is 2. The Morgan fingerprint density at radius 2 is 1.68 bits per heavy atom. The zero-order valence-corrected chi connectivity index (χ0v) is 12.1. The molecule has 1 heterocycles. The van der Waals surface area contributed by atoms with Gasteiger partial charge in [0, 0.05) is 6.54 Å². The second kappa shape index (κ2) is 4.85. The third kappa shape index (κ3) is 2.45. The average molecular weight is 261 g/mol. The van der Waals surface area contributed by atoms with Gasteiger partial charge in [-0.3, -0.25) is 5.41 Å². The zero-order chi connectivity index (χ0) is 14.2. The van der Waals surface area contributed by atoms with Crippen molar-refractivity contribution in [2.75, 3.05) is 0 Å². The van der Waals surface area contributed by atoms with Crippen LogP contribution in [0.2, 0.25) is 0 Å². The summed E-state index contributed by atoms with van der Waals surface area (Å²) < 4.78 is 3.86. The molecule has 1 atom stereocenters. The van der Waals surface area contributed by atoms with Gasteiger partial charge in [0.1, 0.15) is 0 Å². The van der Waals surface area contributed by atoms with Crippen LogP contribution in [-0.2, 0) is 13.1 Å². The summed E-state index contributed by atoms with van der Waals surface area (Å²) in [5.74, 6) is 0. The van der Waals surface area contributed by atoms with Gasteiger partial charge in [0.15, 0.2) is 0 Å². The van der Waals surface area contributed by atoms with E-state index >= 15 is 0 Å². The van der Waals surface area contributed by atoms with E-state index in [2.05, 4.69) is 0 Å². The van der Waals surface area contributed by atoms with Gasteiger partial charge in [-0.2, -0.15) is 0 Å². The number of fused-ring (bicyclic) bond motifs is 1. The zero-order valence-electron chi connectivity index (χ0n) is 12.1. The van der Waals surface area contributed by atoms with E-state index in [1.165, 1.54) is 0 Å². The van der Waals surface area contributed by atoms with E-state index < -0.39 is 6.10 Å². The number of para-hydroxylation sites is 2. The number of benzene rings is 1. The molecule has 0 bridgehead atoms. The third-order valence-electron chi connectivity index (χ3n) is 3.65. The molecule has 1 aromatic carbocycles. The lowest BCUT2D eigenvalue weighted by molar-refractivity contribution is 0.0478. The van der Waals surface area contributed by atoms with Crippen LogP contribution in [0.15, 0.2) is 24.3 Å². The van der Waals surface area contributed by atoms with Crippen molar-refractivity contribution in [3.05, 3.63) is 29.9 Å². The van der Waals surface area contributed by atoms with Crippen LogP contribution in [0.25, 0.3) is 11.0 Å². The molecule has 104 valence electrons. The van der Waals surface area contributed by atoms with Crippen LogP contribution in [-0.4, -0.2) is 20.3 Å². The Morgan fingerprint density at radius 3 is 2.16 bits per heavy atom. The Labute approximate surface area is 113 Å². The molecular formula is C15H23N3O. The number of aliphatic hydroxyl groups is 1. The van der Waals surface area contributed by atoms with Crippen molar-refractivity contribution < 1.29 is 5.11 Å². The van der Waals surface area contributed by atoms with Crippen molar-refractivity contribution in [3.63, 3.8) is 0 Å².